The Bertz CT molecular complexity index is 974. The molecule has 1 N–H and O–H groups in total. The molecular formula is C19H20F3N5O. The van der Waals surface area contributed by atoms with E-state index in [4.69, 9.17) is 4.98 Å². The lowest BCUT2D eigenvalue weighted by molar-refractivity contribution is -0.141. The third kappa shape index (κ3) is 2.87. The van der Waals surface area contributed by atoms with Crippen molar-refractivity contribution in [3.05, 3.63) is 45.4 Å². The Morgan fingerprint density at radius 3 is 2.57 bits per heavy atom. The fourth-order valence-electron chi connectivity index (χ4n) is 4.50. The number of hydrogen-bond acceptors (Lipinski definition) is 5. The lowest BCUT2D eigenvalue weighted by Crippen LogP contribution is -2.43. The fourth-order valence-corrected chi connectivity index (χ4v) is 4.50. The van der Waals surface area contributed by atoms with Gasteiger partial charge in [-0.2, -0.15) is 13.2 Å². The van der Waals surface area contributed by atoms with Crippen LogP contribution in [0.5, 0.6) is 0 Å². The van der Waals surface area contributed by atoms with Gasteiger partial charge in [0.05, 0.1) is 5.69 Å². The SMILES string of the molecule is O=c1[nH]c(C2CC2)nc2c1CCC21CCN(c2nccc(C(F)(F)F)n2)CC1. The predicted molar refractivity (Wildman–Crippen MR) is 95.3 cm³/mol. The van der Waals surface area contributed by atoms with Gasteiger partial charge in [0, 0.05) is 36.2 Å². The Morgan fingerprint density at radius 1 is 1.14 bits per heavy atom. The highest BCUT2D eigenvalue weighted by molar-refractivity contribution is 5.38. The summed E-state index contributed by atoms with van der Waals surface area (Å²) in [4.78, 5) is 29.8. The van der Waals surface area contributed by atoms with E-state index in [1.165, 1.54) is 0 Å². The van der Waals surface area contributed by atoms with Crippen LogP contribution in [-0.4, -0.2) is 33.0 Å². The summed E-state index contributed by atoms with van der Waals surface area (Å²) < 4.78 is 38.8. The number of fused-ring (bicyclic) bond motifs is 2. The van der Waals surface area contributed by atoms with Crippen molar-refractivity contribution in [1.82, 2.24) is 19.9 Å². The summed E-state index contributed by atoms with van der Waals surface area (Å²) in [6.45, 7) is 1.10. The van der Waals surface area contributed by atoms with Crippen molar-refractivity contribution in [3.8, 4) is 0 Å². The Hall–Kier alpha value is -2.45. The van der Waals surface area contributed by atoms with Gasteiger partial charge in [-0.05, 0) is 44.6 Å². The third-order valence-electron chi connectivity index (χ3n) is 6.29. The summed E-state index contributed by atoms with van der Waals surface area (Å²) in [5, 5.41) is 0. The van der Waals surface area contributed by atoms with Crippen molar-refractivity contribution in [1.29, 1.82) is 0 Å². The number of aromatic nitrogens is 4. The Morgan fingerprint density at radius 2 is 1.89 bits per heavy atom. The monoisotopic (exact) mass is 391 g/mol. The maximum Gasteiger partial charge on any atom is 0.433 e. The van der Waals surface area contributed by atoms with Crippen LogP contribution in [0.2, 0.25) is 0 Å². The van der Waals surface area contributed by atoms with Crippen molar-refractivity contribution in [2.24, 2.45) is 0 Å². The average molecular weight is 391 g/mol. The van der Waals surface area contributed by atoms with E-state index < -0.39 is 11.9 Å². The van der Waals surface area contributed by atoms with E-state index in [0.29, 0.717) is 25.4 Å². The highest BCUT2D eigenvalue weighted by atomic mass is 19.4. The number of halogens is 3. The van der Waals surface area contributed by atoms with Gasteiger partial charge in [0.25, 0.3) is 5.56 Å². The second-order valence-electron chi connectivity index (χ2n) is 8.06. The first-order valence-electron chi connectivity index (χ1n) is 9.64. The van der Waals surface area contributed by atoms with Crippen LogP contribution in [0.1, 0.15) is 60.8 Å². The molecule has 2 aromatic heterocycles. The summed E-state index contributed by atoms with van der Waals surface area (Å²) in [5.41, 5.74) is 0.598. The van der Waals surface area contributed by atoms with Gasteiger partial charge in [0.15, 0.2) is 0 Å². The van der Waals surface area contributed by atoms with Gasteiger partial charge in [-0.15, -0.1) is 0 Å². The molecule has 5 rings (SSSR count). The quantitative estimate of drug-likeness (QED) is 0.852. The fraction of sp³-hybridized carbons (Fsp3) is 0.579. The van der Waals surface area contributed by atoms with E-state index in [1.54, 1.807) is 4.90 Å². The van der Waals surface area contributed by atoms with Gasteiger partial charge < -0.3 is 9.88 Å². The first kappa shape index (κ1) is 17.6. The van der Waals surface area contributed by atoms with E-state index in [1.807, 2.05) is 0 Å². The van der Waals surface area contributed by atoms with Crippen LogP contribution in [-0.2, 0) is 18.0 Å². The van der Waals surface area contributed by atoms with Crippen LogP contribution in [0, 0.1) is 0 Å². The first-order chi connectivity index (χ1) is 13.4. The molecule has 148 valence electrons. The molecule has 0 aromatic carbocycles. The van der Waals surface area contributed by atoms with Crippen LogP contribution < -0.4 is 10.5 Å². The van der Waals surface area contributed by atoms with Crippen LogP contribution in [0.25, 0.3) is 0 Å². The van der Waals surface area contributed by atoms with E-state index in [-0.39, 0.29) is 16.9 Å². The van der Waals surface area contributed by atoms with Crippen LogP contribution in [0.15, 0.2) is 17.1 Å². The molecular weight excluding hydrogens is 371 g/mol. The van der Waals surface area contributed by atoms with Crippen LogP contribution >= 0.6 is 0 Å². The van der Waals surface area contributed by atoms with Crippen LogP contribution in [0.3, 0.4) is 0 Å². The molecule has 0 amide bonds. The highest BCUT2D eigenvalue weighted by Gasteiger charge is 2.45. The molecule has 2 aromatic rings. The molecule has 1 saturated heterocycles. The third-order valence-corrected chi connectivity index (χ3v) is 6.29. The maximum atomic E-state index is 12.9. The molecule has 1 saturated carbocycles. The van der Waals surface area contributed by atoms with Crippen molar-refractivity contribution in [3.63, 3.8) is 0 Å². The lowest BCUT2D eigenvalue weighted by Gasteiger charge is -2.39. The molecule has 0 unspecified atom stereocenters. The highest BCUT2D eigenvalue weighted by Crippen LogP contribution is 2.46. The summed E-state index contributed by atoms with van der Waals surface area (Å²) in [7, 11) is 0. The maximum absolute atomic E-state index is 12.9. The number of piperidine rings is 1. The summed E-state index contributed by atoms with van der Waals surface area (Å²) in [5.74, 6) is 1.28. The minimum absolute atomic E-state index is 0.0209. The molecule has 0 bridgehead atoms. The molecule has 3 aliphatic rings. The zero-order valence-corrected chi connectivity index (χ0v) is 15.2. The molecule has 28 heavy (non-hydrogen) atoms. The Balaban J connectivity index is 1.40. The molecule has 1 spiro atoms. The van der Waals surface area contributed by atoms with Gasteiger partial charge in [0.1, 0.15) is 11.5 Å². The van der Waals surface area contributed by atoms with Gasteiger partial charge in [-0.3, -0.25) is 4.79 Å². The molecule has 0 radical (unpaired) electrons. The normalized spacial score (nSPS) is 21.2. The van der Waals surface area contributed by atoms with Gasteiger partial charge in [0.2, 0.25) is 5.95 Å². The second-order valence-corrected chi connectivity index (χ2v) is 8.06. The molecule has 2 fully saturated rings. The van der Waals surface area contributed by atoms with Gasteiger partial charge >= 0.3 is 6.18 Å². The van der Waals surface area contributed by atoms with E-state index in [2.05, 4.69) is 15.0 Å². The van der Waals surface area contributed by atoms with E-state index >= 15 is 0 Å². The molecule has 1 aliphatic heterocycles. The number of hydrogen-bond donors (Lipinski definition) is 1. The predicted octanol–water partition coefficient (Wildman–Crippen LogP) is 2.94. The Labute approximate surface area is 159 Å². The summed E-state index contributed by atoms with van der Waals surface area (Å²) in [6.07, 6.45) is 1.85. The molecule has 2 aliphatic carbocycles. The lowest BCUT2D eigenvalue weighted by atomic mass is 9.76. The summed E-state index contributed by atoms with van der Waals surface area (Å²) >= 11 is 0. The minimum atomic E-state index is -4.48. The summed E-state index contributed by atoms with van der Waals surface area (Å²) in [6, 6.07) is 0.887. The second kappa shape index (κ2) is 6.02. The topological polar surface area (TPSA) is 74.8 Å². The first-order valence-corrected chi connectivity index (χ1v) is 9.64. The smallest absolute Gasteiger partial charge is 0.341 e. The molecule has 0 atom stereocenters. The van der Waals surface area contributed by atoms with Crippen molar-refractivity contribution < 1.29 is 13.2 Å². The number of nitrogens with one attached hydrogen (secondary N) is 1. The number of aromatic amines is 1. The number of rotatable bonds is 2. The molecule has 6 nitrogen and oxygen atoms in total. The zero-order chi connectivity index (χ0) is 19.5. The number of alkyl halides is 3. The number of nitrogens with zero attached hydrogens (tertiary/aromatic N) is 4. The van der Waals surface area contributed by atoms with Gasteiger partial charge in [-0.25, -0.2) is 15.0 Å². The Kier molecular flexibility index (Phi) is 3.79. The van der Waals surface area contributed by atoms with Crippen molar-refractivity contribution in [2.75, 3.05) is 18.0 Å². The molecule has 3 heterocycles. The average Bonchev–Trinajstić information content (AvgIpc) is 3.47. The van der Waals surface area contributed by atoms with Crippen molar-refractivity contribution in [2.45, 2.75) is 56.0 Å². The number of H-pyrrole nitrogens is 1. The van der Waals surface area contributed by atoms with Gasteiger partial charge in [-0.1, -0.05) is 0 Å². The van der Waals surface area contributed by atoms with Crippen LogP contribution in [0.4, 0.5) is 19.1 Å². The largest absolute Gasteiger partial charge is 0.433 e. The van der Waals surface area contributed by atoms with E-state index in [0.717, 1.165) is 61.4 Å². The molecule has 9 heteroatoms. The zero-order valence-electron chi connectivity index (χ0n) is 15.2. The standard InChI is InChI=1S/C19H20F3N5O/c20-19(21,22)13-4-8-23-17(24-13)27-9-6-18(7-10-27)5-3-12-14(18)25-15(11-1-2-11)26-16(12)28/h4,8,11H,1-3,5-7,9-10H2,(H,25,26,28). The van der Waals surface area contributed by atoms with Crippen molar-refractivity contribution >= 4 is 5.95 Å². The number of anilines is 1. The minimum Gasteiger partial charge on any atom is -0.341 e. The van der Waals surface area contributed by atoms with E-state index in [9.17, 15) is 18.0 Å².